The van der Waals surface area contributed by atoms with Gasteiger partial charge in [-0.15, -0.1) is 0 Å². The molecule has 0 spiro atoms. The Morgan fingerprint density at radius 1 is 1.04 bits per heavy atom. The summed E-state index contributed by atoms with van der Waals surface area (Å²) in [6, 6.07) is 9.59. The van der Waals surface area contributed by atoms with Gasteiger partial charge >= 0.3 is 0 Å². The summed E-state index contributed by atoms with van der Waals surface area (Å²) in [7, 11) is -3.92. The van der Waals surface area contributed by atoms with Crippen LogP contribution in [-0.4, -0.2) is 32.3 Å². The lowest BCUT2D eigenvalue weighted by atomic mass is 10.1. The number of halogens is 1. The van der Waals surface area contributed by atoms with Crippen LogP contribution in [0.2, 0.25) is 5.02 Å². The number of benzene rings is 2. The molecule has 0 unspecified atom stereocenters. The van der Waals surface area contributed by atoms with Crippen molar-refractivity contribution < 1.29 is 13.2 Å². The Morgan fingerprint density at radius 3 is 2.27 bits per heavy atom. The van der Waals surface area contributed by atoms with Crippen molar-refractivity contribution in [3.8, 4) is 0 Å². The topological polar surface area (TPSA) is 66.5 Å². The van der Waals surface area contributed by atoms with E-state index in [-0.39, 0.29) is 15.8 Å². The van der Waals surface area contributed by atoms with Gasteiger partial charge in [-0.1, -0.05) is 17.7 Å². The van der Waals surface area contributed by atoms with Gasteiger partial charge in [-0.3, -0.25) is 9.52 Å². The number of hydrogen-bond donors (Lipinski definition) is 1. The molecule has 2 rings (SSSR count). The molecule has 7 heteroatoms. The van der Waals surface area contributed by atoms with E-state index in [1.807, 2.05) is 33.8 Å². The van der Waals surface area contributed by atoms with Crippen LogP contribution in [0.25, 0.3) is 0 Å². The third-order valence-electron chi connectivity index (χ3n) is 4.28. The van der Waals surface area contributed by atoms with Crippen LogP contribution in [0.4, 0.5) is 5.69 Å². The smallest absolute Gasteiger partial charge is 0.263 e. The Hall–Kier alpha value is -2.05. The second kappa shape index (κ2) is 8.10. The maximum atomic E-state index is 12.8. The second-order valence-electron chi connectivity index (χ2n) is 6.03. The molecule has 0 saturated carbocycles. The van der Waals surface area contributed by atoms with Gasteiger partial charge in [0.2, 0.25) is 0 Å². The first kappa shape index (κ1) is 20.3. The quantitative estimate of drug-likeness (QED) is 0.796. The van der Waals surface area contributed by atoms with Gasteiger partial charge < -0.3 is 4.90 Å². The Balaban J connectivity index is 2.40. The first-order valence-corrected chi connectivity index (χ1v) is 10.2. The van der Waals surface area contributed by atoms with Gasteiger partial charge in [0, 0.05) is 24.3 Å². The molecule has 2 aromatic carbocycles. The molecule has 0 saturated heterocycles. The van der Waals surface area contributed by atoms with Crippen molar-refractivity contribution in [2.45, 2.75) is 32.6 Å². The van der Waals surface area contributed by atoms with Gasteiger partial charge in [-0.2, -0.15) is 0 Å². The van der Waals surface area contributed by atoms with E-state index in [0.717, 1.165) is 11.1 Å². The van der Waals surface area contributed by atoms with Crippen LogP contribution < -0.4 is 4.72 Å². The van der Waals surface area contributed by atoms with Crippen molar-refractivity contribution in [1.29, 1.82) is 0 Å². The SMILES string of the molecule is CCN(CC)C(=O)c1ccc(Cl)c(S(=O)(=O)Nc2ccc(C)c(C)c2)c1. The zero-order valence-electron chi connectivity index (χ0n) is 15.3. The number of nitrogens with zero attached hydrogens (tertiary/aromatic N) is 1. The Labute approximate surface area is 160 Å². The molecule has 0 fully saturated rings. The zero-order valence-corrected chi connectivity index (χ0v) is 16.9. The van der Waals surface area contributed by atoms with Crippen LogP contribution in [0.1, 0.15) is 35.3 Å². The van der Waals surface area contributed by atoms with Crippen molar-refractivity contribution in [1.82, 2.24) is 4.90 Å². The summed E-state index contributed by atoms with van der Waals surface area (Å²) in [5, 5.41) is 0.0671. The number of amides is 1. The molecule has 1 amide bonds. The molecule has 0 heterocycles. The van der Waals surface area contributed by atoms with Crippen LogP contribution in [-0.2, 0) is 10.0 Å². The van der Waals surface area contributed by atoms with Crippen molar-refractivity contribution in [2.75, 3.05) is 17.8 Å². The van der Waals surface area contributed by atoms with Crippen LogP contribution in [0, 0.1) is 13.8 Å². The number of hydrogen-bond acceptors (Lipinski definition) is 3. The molecule has 0 aromatic heterocycles. The third kappa shape index (κ3) is 4.37. The number of sulfonamides is 1. The average molecular weight is 395 g/mol. The number of rotatable bonds is 6. The summed E-state index contributed by atoms with van der Waals surface area (Å²) in [6.45, 7) is 8.69. The molecular weight excluding hydrogens is 372 g/mol. The van der Waals surface area contributed by atoms with E-state index in [1.165, 1.54) is 18.2 Å². The third-order valence-corrected chi connectivity index (χ3v) is 6.14. The van der Waals surface area contributed by atoms with E-state index in [2.05, 4.69) is 4.72 Å². The Morgan fingerprint density at radius 2 is 1.69 bits per heavy atom. The van der Waals surface area contributed by atoms with Crippen LogP contribution in [0.3, 0.4) is 0 Å². The predicted molar refractivity (Wildman–Crippen MR) is 105 cm³/mol. The highest BCUT2D eigenvalue weighted by molar-refractivity contribution is 7.92. The maximum absolute atomic E-state index is 12.8. The fraction of sp³-hybridized carbons (Fsp3) is 0.316. The average Bonchev–Trinajstić information content (AvgIpc) is 2.59. The highest BCUT2D eigenvalue weighted by Gasteiger charge is 2.22. The number of anilines is 1. The minimum absolute atomic E-state index is 0.0671. The number of carbonyl (C=O) groups is 1. The minimum atomic E-state index is -3.92. The van der Waals surface area contributed by atoms with E-state index in [9.17, 15) is 13.2 Å². The lowest BCUT2D eigenvalue weighted by Gasteiger charge is -2.19. The van der Waals surface area contributed by atoms with Gasteiger partial charge in [-0.05, 0) is 69.2 Å². The summed E-state index contributed by atoms with van der Waals surface area (Å²) < 4.78 is 28.1. The van der Waals surface area contributed by atoms with Gasteiger partial charge in [0.15, 0.2) is 0 Å². The summed E-state index contributed by atoms with van der Waals surface area (Å²) in [5.74, 6) is -0.228. The van der Waals surface area contributed by atoms with E-state index in [0.29, 0.717) is 24.3 Å². The molecule has 2 aromatic rings. The summed E-state index contributed by atoms with van der Waals surface area (Å²) in [6.07, 6.45) is 0. The van der Waals surface area contributed by atoms with Gasteiger partial charge in [0.25, 0.3) is 15.9 Å². The zero-order chi connectivity index (χ0) is 19.5. The first-order valence-electron chi connectivity index (χ1n) is 8.38. The highest BCUT2D eigenvalue weighted by Crippen LogP contribution is 2.26. The van der Waals surface area contributed by atoms with E-state index in [4.69, 9.17) is 11.6 Å². The summed E-state index contributed by atoms with van der Waals surface area (Å²) >= 11 is 6.11. The molecule has 1 N–H and O–H groups in total. The van der Waals surface area contributed by atoms with Gasteiger partial charge in [0.1, 0.15) is 4.90 Å². The van der Waals surface area contributed by atoms with Crippen LogP contribution in [0.15, 0.2) is 41.3 Å². The molecular formula is C19H23ClN2O3S. The Kier molecular flexibility index (Phi) is 6.31. The predicted octanol–water partition coefficient (Wildman–Crippen LogP) is 4.24. The van der Waals surface area contributed by atoms with Gasteiger partial charge in [-0.25, -0.2) is 8.42 Å². The standard InChI is InChI=1S/C19H23ClN2O3S/c1-5-22(6-2)19(23)15-8-10-17(20)18(12-15)26(24,25)21-16-9-7-13(3)14(4)11-16/h7-12,21H,5-6H2,1-4H3. The maximum Gasteiger partial charge on any atom is 0.263 e. The fourth-order valence-electron chi connectivity index (χ4n) is 2.55. The molecule has 0 aliphatic heterocycles. The first-order chi connectivity index (χ1) is 12.2. The number of nitrogens with one attached hydrogen (secondary N) is 1. The monoisotopic (exact) mass is 394 g/mol. The second-order valence-corrected chi connectivity index (χ2v) is 8.09. The molecule has 5 nitrogen and oxygen atoms in total. The fourth-order valence-corrected chi connectivity index (χ4v) is 4.13. The van der Waals surface area contributed by atoms with Crippen LogP contribution >= 0.6 is 11.6 Å². The van der Waals surface area contributed by atoms with E-state index in [1.54, 1.807) is 17.0 Å². The lowest BCUT2D eigenvalue weighted by molar-refractivity contribution is 0.0772. The van der Waals surface area contributed by atoms with Crippen molar-refractivity contribution in [2.24, 2.45) is 0 Å². The number of aryl methyl sites for hydroxylation is 2. The summed E-state index contributed by atoms with van der Waals surface area (Å²) in [5.41, 5.74) is 2.78. The van der Waals surface area contributed by atoms with Gasteiger partial charge in [0.05, 0.1) is 5.02 Å². The molecule has 140 valence electrons. The van der Waals surface area contributed by atoms with Crippen LogP contribution in [0.5, 0.6) is 0 Å². The molecule has 0 aliphatic carbocycles. The Bertz CT molecular complexity index is 922. The number of carbonyl (C=O) groups excluding carboxylic acids is 1. The molecule has 0 bridgehead atoms. The lowest BCUT2D eigenvalue weighted by Crippen LogP contribution is -2.30. The van der Waals surface area contributed by atoms with Crippen molar-refractivity contribution >= 4 is 33.2 Å². The molecule has 26 heavy (non-hydrogen) atoms. The van der Waals surface area contributed by atoms with E-state index < -0.39 is 10.0 Å². The molecule has 0 radical (unpaired) electrons. The highest BCUT2D eigenvalue weighted by atomic mass is 35.5. The van der Waals surface area contributed by atoms with E-state index >= 15 is 0 Å². The van der Waals surface area contributed by atoms with Crippen molar-refractivity contribution in [3.63, 3.8) is 0 Å². The normalized spacial score (nSPS) is 11.3. The largest absolute Gasteiger partial charge is 0.339 e. The molecule has 0 atom stereocenters. The summed E-state index contributed by atoms with van der Waals surface area (Å²) in [4.78, 5) is 14.0. The minimum Gasteiger partial charge on any atom is -0.339 e. The van der Waals surface area contributed by atoms with Crippen molar-refractivity contribution in [3.05, 3.63) is 58.1 Å². The molecule has 0 aliphatic rings.